The van der Waals surface area contributed by atoms with E-state index >= 15 is 0 Å². The number of aromatic nitrogens is 1. The Morgan fingerprint density at radius 2 is 1.31 bits per heavy atom. The Labute approximate surface area is 187 Å². The van der Waals surface area contributed by atoms with Gasteiger partial charge in [-0.3, -0.25) is 26.1 Å². The molecule has 0 radical (unpaired) electrons. The van der Waals surface area contributed by atoms with Gasteiger partial charge in [-0.05, 0) is 24.0 Å². The minimum absolute atomic E-state index is 0. The van der Waals surface area contributed by atoms with Crippen LogP contribution in [0, 0.1) is 12.1 Å². The SMILES string of the molecule is CC1(C)C=Nc2ccccc2N=CC(C)(C)c2[c-]c(ccn2)-c2[c-]c1ccc2.[Pt+2]. The van der Waals surface area contributed by atoms with Crippen molar-refractivity contribution in [1.82, 2.24) is 4.98 Å². The Morgan fingerprint density at radius 1 is 0.690 bits per heavy atom. The molecule has 0 N–H and O–H groups in total. The first-order chi connectivity index (χ1) is 13.4. The number of rotatable bonds is 0. The third-order valence-electron chi connectivity index (χ3n) is 5.02. The number of para-hydroxylation sites is 2. The van der Waals surface area contributed by atoms with Crippen molar-refractivity contribution in [1.29, 1.82) is 0 Å². The summed E-state index contributed by atoms with van der Waals surface area (Å²) >= 11 is 0. The van der Waals surface area contributed by atoms with Crippen molar-refractivity contribution < 1.29 is 21.1 Å². The zero-order valence-electron chi connectivity index (χ0n) is 17.0. The molecule has 0 fully saturated rings. The van der Waals surface area contributed by atoms with Crippen LogP contribution >= 0.6 is 0 Å². The summed E-state index contributed by atoms with van der Waals surface area (Å²) in [7, 11) is 0. The van der Waals surface area contributed by atoms with E-state index in [0.717, 1.165) is 33.8 Å². The van der Waals surface area contributed by atoms with Crippen LogP contribution in [0.5, 0.6) is 0 Å². The van der Waals surface area contributed by atoms with Crippen LogP contribution in [0.1, 0.15) is 39.0 Å². The Kier molecular flexibility index (Phi) is 6.00. The molecule has 0 amide bonds. The first kappa shape index (κ1) is 21.3. The smallest absolute Gasteiger partial charge is 0.289 e. The fourth-order valence-electron chi connectivity index (χ4n) is 3.15. The summed E-state index contributed by atoms with van der Waals surface area (Å²) in [6.07, 6.45) is 5.75. The van der Waals surface area contributed by atoms with E-state index in [-0.39, 0.29) is 31.9 Å². The molecule has 2 heterocycles. The van der Waals surface area contributed by atoms with E-state index in [2.05, 4.69) is 63.0 Å². The van der Waals surface area contributed by atoms with Gasteiger partial charge < -0.3 is 0 Å². The molecule has 0 unspecified atom stereocenters. The van der Waals surface area contributed by atoms with Gasteiger partial charge in [0, 0.05) is 23.3 Å². The average Bonchev–Trinajstić information content (AvgIpc) is 2.71. The van der Waals surface area contributed by atoms with Crippen LogP contribution in [0.4, 0.5) is 11.4 Å². The molecule has 1 aromatic heterocycles. The van der Waals surface area contributed by atoms with Crippen molar-refractivity contribution in [3.8, 4) is 11.1 Å². The number of fused-ring (bicyclic) bond motifs is 6. The molecule has 1 aliphatic rings. The van der Waals surface area contributed by atoms with E-state index in [0.29, 0.717) is 0 Å². The second-order valence-corrected chi connectivity index (χ2v) is 8.26. The summed E-state index contributed by atoms with van der Waals surface area (Å²) in [6, 6.07) is 23.2. The van der Waals surface area contributed by atoms with Crippen LogP contribution in [0.15, 0.2) is 64.7 Å². The van der Waals surface area contributed by atoms with Crippen molar-refractivity contribution in [2.24, 2.45) is 9.98 Å². The number of pyridine rings is 1. The number of hydrogen-bond acceptors (Lipinski definition) is 3. The Morgan fingerprint density at radius 3 is 2.00 bits per heavy atom. The summed E-state index contributed by atoms with van der Waals surface area (Å²) in [4.78, 5) is 14.1. The van der Waals surface area contributed by atoms with Gasteiger partial charge in [0.1, 0.15) is 0 Å². The van der Waals surface area contributed by atoms with Crippen LogP contribution in [0.25, 0.3) is 11.1 Å². The van der Waals surface area contributed by atoms with Crippen LogP contribution in [0.3, 0.4) is 0 Å². The standard InChI is InChI=1S/C25H23N3.Pt/c1-24(2)16-27-21-10-5-6-11-22(21)28-17-25(3,4)23-15-19(12-13-26-23)18-8-7-9-20(24)14-18;/h5-13,16-17H,1-4H3;/q-2;+2. The van der Waals surface area contributed by atoms with Gasteiger partial charge in [0.05, 0.1) is 11.4 Å². The average molecular weight is 561 g/mol. The van der Waals surface area contributed by atoms with E-state index in [1.165, 1.54) is 0 Å². The Bertz CT molecular complexity index is 994. The zero-order valence-corrected chi connectivity index (χ0v) is 19.3. The van der Waals surface area contributed by atoms with E-state index < -0.39 is 0 Å². The first-order valence-corrected chi connectivity index (χ1v) is 9.47. The zero-order chi connectivity index (χ0) is 19.8. The summed E-state index contributed by atoms with van der Waals surface area (Å²) in [5.74, 6) is 0. The molecule has 0 saturated carbocycles. The van der Waals surface area contributed by atoms with Crippen molar-refractivity contribution in [3.05, 3.63) is 78.1 Å². The van der Waals surface area contributed by atoms with Crippen LogP contribution < -0.4 is 0 Å². The number of nitrogens with zero attached hydrogens (tertiary/aromatic N) is 3. The van der Waals surface area contributed by atoms with Gasteiger partial charge >= 0.3 is 21.1 Å². The van der Waals surface area contributed by atoms with Gasteiger partial charge in [-0.1, -0.05) is 39.8 Å². The number of aliphatic imine (C=N–C) groups is 2. The predicted molar refractivity (Wildman–Crippen MR) is 116 cm³/mol. The van der Waals surface area contributed by atoms with Crippen molar-refractivity contribution in [2.75, 3.05) is 0 Å². The number of benzene rings is 2. The maximum atomic E-state index is 4.78. The molecule has 0 saturated heterocycles. The molecule has 148 valence electrons. The summed E-state index contributed by atoms with van der Waals surface area (Å²) in [5, 5.41) is 0. The molecule has 2 aromatic carbocycles. The largest absolute Gasteiger partial charge is 2.00 e. The molecule has 0 spiro atoms. The quantitative estimate of drug-likeness (QED) is 0.310. The minimum Gasteiger partial charge on any atom is -0.289 e. The van der Waals surface area contributed by atoms with Crippen LogP contribution in [-0.4, -0.2) is 17.4 Å². The molecular weight excluding hydrogens is 537 g/mol. The molecule has 4 bridgehead atoms. The monoisotopic (exact) mass is 560 g/mol. The van der Waals surface area contributed by atoms with Gasteiger partial charge in [0.25, 0.3) is 0 Å². The topological polar surface area (TPSA) is 37.6 Å². The summed E-state index contributed by atoms with van der Waals surface area (Å²) in [5.41, 5.74) is 4.98. The van der Waals surface area contributed by atoms with Gasteiger partial charge in [0.15, 0.2) is 0 Å². The fourth-order valence-corrected chi connectivity index (χ4v) is 3.15. The number of hydrogen-bond donors (Lipinski definition) is 0. The van der Waals surface area contributed by atoms with Crippen molar-refractivity contribution >= 4 is 23.8 Å². The normalized spacial score (nSPS) is 16.3. The molecule has 29 heavy (non-hydrogen) atoms. The van der Waals surface area contributed by atoms with Crippen LogP contribution in [-0.2, 0) is 31.9 Å². The Balaban J connectivity index is 0.00000240. The molecule has 0 atom stereocenters. The maximum absolute atomic E-state index is 4.78. The Hall–Kier alpha value is -2.38. The summed E-state index contributed by atoms with van der Waals surface area (Å²) < 4.78 is 0. The molecule has 4 heteroatoms. The second kappa shape index (κ2) is 8.16. The minimum atomic E-state index is -0.367. The molecule has 1 aliphatic heterocycles. The van der Waals surface area contributed by atoms with Gasteiger partial charge in [-0.25, -0.2) is 18.2 Å². The van der Waals surface area contributed by atoms with Crippen LogP contribution in [0.2, 0.25) is 0 Å². The van der Waals surface area contributed by atoms with E-state index in [4.69, 9.17) is 9.98 Å². The summed E-state index contributed by atoms with van der Waals surface area (Å²) in [6.45, 7) is 8.49. The molecular formula is C25H23N3Pt. The predicted octanol–water partition coefficient (Wildman–Crippen LogP) is 6.02. The van der Waals surface area contributed by atoms with E-state index in [9.17, 15) is 0 Å². The second-order valence-electron chi connectivity index (χ2n) is 8.26. The van der Waals surface area contributed by atoms with Gasteiger partial charge in [0.2, 0.25) is 0 Å². The van der Waals surface area contributed by atoms with Gasteiger partial charge in [-0.15, -0.1) is 11.6 Å². The van der Waals surface area contributed by atoms with E-state index in [1.54, 1.807) is 0 Å². The third kappa shape index (κ3) is 4.46. The molecule has 0 aliphatic carbocycles. The van der Waals surface area contributed by atoms with E-state index in [1.807, 2.05) is 49.0 Å². The third-order valence-corrected chi connectivity index (χ3v) is 5.02. The first-order valence-electron chi connectivity index (χ1n) is 9.47. The molecule has 3 aromatic rings. The fraction of sp³-hybridized carbons (Fsp3) is 0.240. The molecule has 4 rings (SSSR count). The molecule has 3 nitrogen and oxygen atoms in total. The maximum Gasteiger partial charge on any atom is 2.00 e. The van der Waals surface area contributed by atoms with Gasteiger partial charge in [-0.2, -0.15) is 12.1 Å². The van der Waals surface area contributed by atoms with Crippen molar-refractivity contribution in [3.63, 3.8) is 0 Å². The van der Waals surface area contributed by atoms with Crippen molar-refractivity contribution in [2.45, 2.75) is 38.5 Å².